The van der Waals surface area contributed by atoms with Crippen LogP contribution in [-0.4, -0.2) is 4.98 Å². The fourth-order valence-electron chi connectivity index (χ4n) is 3.03. The third-order valence-electron chi connectivity index (χ3n) is 3.79. The van der Waals surface area contributed by atoms with Crippen LogP contribution in [0.5, 0.6) is 0 Å². The summed E-state index contributed by atoms with van der Waals surface area (Å²) in [7, 11) is 0. The van der Waals surface area contributed by atoms with Gasteiger partial charge in [-0.3, -0.25) is 0 Å². The molecule has 0 aliphatic heterocycles. The molecule has 0 atom stereocenters. The van der Waals surface area contributed by atoms with Gasteiger partial charge in [-0.25, -0.2) is 0 Å². The Morgan fingerprint density at radius 3 is 2.70 bits per heavy atom. The number of furan rings is 1. The molecule has 5 rings (SSSR count). The summed E-state index contributed by atoms with van der Waals surface area (Å²) in [6, 6.07) is 17.5. The Balaban J connectivity index is 0.00000106. The Bertz CT molecular complexity index is 980. The smallest absolute Gasteiger partial charge is 0.134 e. The number of hydrogen-bond acceptors (Lipinski definition) is 2. The molecule has 2 heterocycles. The monoisotopic (exact) mass is 435 g/mol. The van der Waals surface area contributed by atoms with Gasteiger partial charge in [0.25, 0.3) is 0 Å². The average Bonchev–Trinajstić information content (AvgIpc) is 2.86. The molecule has 0 unspecified atom stereocenters. The van der Waals surface area contributed by atoms with E-state index in [9.17, 15) is 0 Å². The van der Waals surface area contributed by atoms with Crippen LogP contribution in [-0.2, 0) is 20.1 Å². The second kappa shape index (κ2) is 4.02. The minimum Gasteiger partial charge on any atom is -0.457 e. The molecule has 0 bridgehead atoms. The number of rotatable bonds is 0. The predicted molar refractivity (Wildman–Crippen MR) is 76.5 cm³/mol. The molecule has 0 aliphatic carbocycles. The predicted octanol–water partition coefficient (Wildman–Crippen LogP) is 4.52. The van der Waals surface area contributed by atoms with Crippen LogP contribution in [0.1, 0.15) is 0 Å². The molecule has 5 aromatic rings. The molecule has 3 aromatic carbocycles. The Hall–Kier alpha value is -1.96. The van der Waals surface area contributed by atoms with Gasteiger partial charge in [0.1, 0.15) is 11.2 Å². The van der Waals surface area contributed by atoms with E-state index < -0.39 is 0 Å². The van der Waals surface area contributed by atoms with Crippen LogP contribution < -0.4 is 0 Å². The Morgan fingerprint density at radius 1 is 0.900 bits per heavy atom. The number of aromatic nitrogens is 1. The van der Waals surface area contributed by atoms with Crippen molar-refractivity contribution >= 4 is 43.6 Å². The van der Waals surface area contributed by atoms with E-state index in [1.165, 1.54) is 16.2 Å². The first kappa shape index (κ1) is 11.8. The number of nitrogens with zero attached hydrogens (tertiary/aromatic N) is 1. The number of hydrogen-bond donors (Lipinski definition) is 0. The largest absolute Gasteiger partial charge is 0.457 e. The Labute approximate surface area is 128 Å². The summed E-state index contributed by atoms with van der Waals surface area (Å²) < 4.78 is 5.93. The number of benzene rings is 3. The zero-order valence-electron chi connectivity index (χ0n) is 10.3. The molecule has 1 radical (unpaired) electrons. The molecule has 0 aliphatic rings. The van der Waals surface area contributed by atoms with Crippen LogP contribution in [0.15, 0.2) is 53.1 Å². The van der Waals surface area contributed by atoms with Crippen molar-refractivity contribution < 1.29 is 24.5 Å². The molecule has 0 saturated carbocycles. The fourth-order valence-corrected chi connectivity index (χ4v) is 3.03. The normalized spacial score (nSPS) is 11.6. The van der Waals surface area contributed by atoms with Crippen molar-refractivity contribution in [3.8, 4) is 0 Å². The van der Waals surface area contributed by atoms with Gasteiger partial charge in [0.2, 0.25) is 0 Å². The van der Waals surface area contributed by atoms with E-state index in [1.807, 2.05) is 30.3 Å². The van der Waals surface area contributed by atoms with Gasteiger partial charge in [-0.2, -0.15) is 0 Å². The number of fused-ring (bicyclic) bond motifs is 3. The van der Waals surface area contributed by atoms with Crippen LogP contribution in [0.3, 0.4) is 0 Å². The van der Waals surface area contributed by atoms with Gasteiger partial charge < -0.3 is 9.40 Å². The van der Waals surface area contributed by atoms with E-state index in [1.54, 1.807) is 6.20 Å². The first-order chi connectivity index (χ1) is 9.43. The maximum Gasteiger partial charge on any atom is 0.134 e. The van der Waals surface area contributed by atoms with Gasteiger partial charge in [0.05, 0.1) is 0 Å². The van der Waals surface area contributed by atoms with Crippen LogP contribution in [0.25, 0.3) is 43.6 Å². The molecule has 2 aromatic heterocycles. The SMILES string of the molecule is [Ir].[c-]1cccc2c1c1nccc3oc4cccc2c4c31. The summed E-state index contributed by atoms with van der Waals surface area (Å²) in [6.45, 7) is 0. The van der Waals surface area contributed by atoms with Crippen molar-refractivity contribution in [2.45, 2.75) is 0 Å². The third kappa shape index (κ3) is 1.29. The van der Waals surface area contributed by atoms with Gasteiger partial charge in [-0.15, -0.1) is 29.7 Å². The minimum atomic E-state index is 0. The molecule has 20 heavy (non-hydrogen) atoms. The van der Waals surface area contributed by atoms with Crippen molar-refractivity contribution in [1.29, 1.82) is 0 Å². The van der Waals surface area contributed by atoms with Crippen molar-refractivity contribution in [3.63, 3.8) is 0 Å². The summed E-state index contributed by atoms with van der Waals surface area (Å²) >= 11 is 0. The second-order valence-electron chi connectivity index (χ2n) is 4.77. The summed E-state index contributed by atoms with van der Waals surface area (Å²) in [5.74, 6) is 0. The fraction of sp³-hybridized carbons (Fsp3) is 0. The molecule has 2 nitrogen and oxygen atoms in total. The Kier molecular flexibility index (Phi) is 2.38. The van der Waals surface area contributed by atoms with Crippen molar-refractivity contribution in [3.05, 3.63) is 54.7 Å². The van der Waals surface area contributed by atoms with Gasteiger partial charge in [0, 0.05) is 42.6 Å². The Morgan fingerprint density at radius 2 is 1.75 bits per heavy atom. The third-order valence-corrected chi connectivity index (χ3v) is 3.79. The van der Waals surface area contributed by atoms with Gasteiger partial charge >= 0.3 is 0 Å². The topological polar surface area (TPSA) is 26.0 Å². The molecular formula is C17H8IrNO-. The molecule has 0 fully saturated rings. The molecule has 0 N–H and O–H groups in total. The number of pyridine rings is 1. The molecule has 0 saturated heterocycles. The van der Waals surface area contributed by atoms with Crippen LogP contribution >= 0.6 is 0 Å². The van der Waals surface area contributed by atoms with Crippen molar-refractivity contribution in [2.24, 2.45) is 0 Å². The van der Waals surface area contributed by atoms with E-state index in [-0.39, 0.29) is 20.1 Å². The summed E-state index contributed by atoms with van der Waals surface area (Å²) in [5.41, 5.74) is 2.80. The van der Waals surface area contributed by atoms with Gasteiger partial charge in [-0.05, 0) is 17.5 Å². The summed E-state index contributed by atoms with van der Waals surface area (Å²) in [5, 5.41) is 5.75. The molecule has 97 valence electrons. The average molecular weight is 434 g/mol. The van der Waals surface area contributed by atoms with Gasteiger partial charge in [0.15, 0.2) is 0 Å². The maximum atomic E-state index is 5.93. The first-order valence-electron chi connectivity index (χ1n) is 6.25. The van der Waals surface area contributed by atoms with Crippen LogP contribution in [0.2, 0.25) is 0 Å². The van der Waals surface area contributed by atoms with E-state index in [0.717, 1.165) is 27.5 Å². The van der Waals surface area contributed by atoms with Crippen LogP contribution in [0, 0.1) is 6.07 Å². The molecule has 0 amide bonds. The maximum absolute atomic E-state index is 5.93. The van der Waals surface area contributed by atoms with E-state index in [4.69, 9.17) is 4.42 Å². The van der Waals surface area contributed by atoms with E-state index in [2.05, 4.69) is 23.2 Å². The minimum absolute atomic E-state index is 0. The second-order valence-corrected chi connectivity index (χ2v) is 4.77. The van der Waals surface area contributed by atoms with Crippen molar-refractivity contribution in [1.82, 2.24) is 4.98 Å². The van der Waals surface area contributed by atoms with Crippen LogP contribution in [0.4, 0.5) is 0 Å². The zero-order valence-corrected chi connectivity index (χ0v) is 12.7. The van der Waals surface area contributed by atoms with Crippen molar-refractivity contribution in [2.75, 3.05) is 0 Å². The van der Waals surface area contributed by atoms with E-state index in [0.29, 0.717) is 0 Å². The van der Waals surface area contributed by atoms with Gasteiger partial charge in [-0.1, -0.05) is 17.5 Å². The summed E-state index contributed by atoms with van der Waals surface area (Å²) in [6.07, 6.45) is 1.80. The molecule has 3 heteroatoms. The summed E-state index contributed by atoms with van der Waals surface area (Å²) in [4.78, 5) is 4.54. The standard InChI is InChI=1S/C17H8NO.Ir/c1-2-5-12-10(4-1)11-6-3-7-13-15(11)16-14(19-13)8-9-18-17(12)16;/h1-4,6-9H;/q-1;. The first-order valence-corrected chi connectivity index (χ1v) is 6.25. The molecular weight excluding hydrogens is 426 g/mol. The molecule has 0 spiro atoms. The van der Waals surface area contributed by atoms with E-state index >= 15 is 0 Å². The zero-order chi connectivity index (χ0) is 12.4. The quantitative estimate of drug-likeness (QED) is 0.265.